The third-order valence-electron chi connectivity index (χ3n) is 5.85. The number of likely N-dealkylation sites (tertiary alicyclic amines) is 1. The summed E-state index contributed by atoms with van der Waals surface area (Å²) >= 11 is 0. The maximum Gasteiger partial charge on any atom is 0.317 e. The van der Waals surface area contributed by atoms with Crippen LogP contribution in [0.25, 0.3) is 0 Å². The summed E-state index contributed by atoms with van der Waals surface area (Å²) in [4.78, 5) is 25.8. The molecule has 3 fully saturated rings. The average Bonchev–Trinajstić information content (AvgIpc) is 2.45. The van der Waals surface area contributed by atoms with Gasteiger partial charge in [0.2, 0.25) is 0 Å². The number of urea groups is 1. The van der Waals surface area contributed by atoms with Crippen LogP contribution in [-0.4, -0.2) is 41.1 Å². The van der Waals surface area contributed by atoms with E-state index in [2.05, 4.69) is 5.32 Å². The van der Waals surface area contributed by atoms with Crippen molar-refractivity contribution in [2.24, 2.45) is 11.3 Å². The Bertz CT molecular complexity index is 418. The maximum absolute atomic E-state index is 12.5. The summed E-state index contributed by atoms with van der Waals surface area (Å²) < 4.78 is 0. The molecule has 1 saturated heterocycles. The van der Waals surface area contributed by atoms with Crippen molar-refractivity contribution >= 4 is 12.0 Å². The Hall–Kier alpha value is -1.26. The van der Waals surface area contributed by atoms with Gasteiger partial charge in [-0.15, -0.1) is 0 Å². The Morgan fingerprint density at radius 2 is 1.81 bits per heavy atom. The first-order chi connectivity index (χ1) is 10.1. The highest BCUT2D eigenvalue weighted by Crippen LogP contribution is 2.41. The highest BCUT2D eigenvalue weighted by Gasteiger charge is 2.45. The quantitative estimate of drug-likeness (QED) is 0.840. The fourth-order valence-corrected chi connectivity index (χ4v) is 4.29. The zero-order valence-electron chi connectivity index (χ0n) is 12.6. The van der Waals surface area contributed by atoms with Crippen molar-refractivity contribution in [3.8, 4) is 0 Å². The molecule has 3 aliphatic rings. The van der Waals surface area contributed by atoms with Gasteiger partial charge < -0.3 is 15.3 Å². The lowest BCUT2D eigenvalue weighted by Crippen LogP contribution is -2.56. The monoisotopic (exact) mass is 294 g/mol. The van der Waals surface area contributed by atoms with E-state index in [0.717, 1.165) is 25.8 Å². The first-order valence-corrected chi connectivity index (χ1v) is 8.40. The summed E-state index contributed by atoms with van der Waals surface area (Å²) in [7, 11) is 0. The van der Waals surface area contributed by atoms with Crippen molar-refractivity contribution in [1.29, 1.82) is 0 Å². The molecule has 21 heavy (non-hydrogen) atoms. The lowest BCUT2D eigenvalue weighted by atomic mass is 9.69. The van der Waals surface area contributed by atoms with Gasteiger partial charge in [0.15, 0.2) is 0 Å². The molecular weight excluding hydrogens is 268 g/mol. The second-order valence-corrected chi connectivity index (χ2v) is 7.05. The van der Waals surface area contributed by atoms with Crippen LogP contribution in [0.2, 0.25) is 0 Å². The Morgan fingerprint density at radius 3 is 2.48 bits per heavy atom. The Kier molecular flexibility index (Phi) is 4.09. The number of fused-ring (bicyclic) bond motifs is 1. The van der Waals surface area contributed by atoms with E-state index < -0.39 is 11.4 Å². The topological polar surface area (TPSA) is 69.6 Å². The van der Waals surface area contributed by atoms with E-state index in [0.29, 0.717) is 24.8 Å². The predicted molar refractivity (Wildman–Crippen MR) is 79.0 cm³/mol. The molecular formula is C16H26N2O3. The third-order valence-corrected chi connectivity index (χ3v) is 5.85. The zero-order valence-corrected chi connectivity index (χ0v) is 12.6. The van der Waals surface area contributed by atoms with Gasteiger partial charge in [0.25, 0.3) is 0 Å². The average molecular weight is 294 g/mol. The molecule has 0 aromatic carbocycles. The molecule has 0 spiro atoms. The van der Waals surface area contributed by atoms with Crippen molar-refractivity contribution in [3.05, 3.63) is 0 Å². The molecule has 2 saturated carbocycles. The van der Waals surface area contributed by atoms with Gasteiger partial charge in [-0.1, -0.05) is 19.3 Å². The molecule has 0 radical (unpaired) electrons. The number of carbonyl (C=O) groups excluding carboxylic acids is 1. The summed E-state index contributed by atoms with van der Waals surface area (Å²) in [5, 5.41) is 12.2. The van der Waals surface area contributed by atoms with Crippen LogP contribution < -0.4 is 5.32 Å². The van der Waals surface area contributed by atoms with Gasteiger partial charge in [-0.05, 0) is 44.4 Å². The fraction of sp³-hybridized carbons (Fsp3) is 0.875. The summed E-state index contributed by atoms with van der Waals surface area (Å²) in [6, 6.07) is 0.341. The van der Waals surface area contributed by atoms with Crippen molar-refractivity contribution in [1.82, 2.24) is 10.2 Å². The second kappa shape index (κ2) is 5.85. The summed E-state index contributed by atoms with van der Waals surface area (Å²) in [6.07, 6.45) is 9.52. The number of carboxylic acid groups (broad SMARTS) is 1. The largest absolute Gasteiger partial charge is 0.481 e. The number of hydrogen-bond acceptors (Lipinski definition) is 2. The van der Waals surface area contributed by atoms with Crippen LogP contribution in [0.3, 0.4) is 0 Å². The minimum atomic E-state index is -0.761. The normalized spacial score (nSPS) is 31.0. The predicted octanol–water partition coefficient (Wildman–Crippen LogP) is 2.61. The molecule has 5 nitrogen and oxygen atoms in total. The van der Waals surface area contributed by atoms with Crippen molar-refractivity contribution in [2.75, 3.05) is 13.1 Å². The molecule has 5 heteroatoms. The van der Waals surface area contributed by atoms with Crippen LogP contribution in [0, 0.1) is 11.3 Å². The van der Waals surface area contributed by atoms with Crippen LogP contribution in [0.5, 0.6) is 0 Å². The van der Waals surface area contributed by atoms with Crippen LogP contribution >= 0.6 is 0 Å². The van der Waals surface area contributed by atoms with E-state index in [1.165, 1.54) is 25.7 Å². The molecule has 1 heterocycles. The van der Waals surface area contributed by atoms with E-state index in [4.69, 9.17) is 0 Å². The van der Waals surface area contributed by atoms with Gasteiger partial charge in [-0.25, -0.2) is 4.79 Å². The lowest BCUT2D eigenvalue weighted by molar-refractivity contribution is -0.153. The first kappa shape index (κ1) is 14.7. The van der Waals surface area contributed by atoms with Crippen molar-refractivity contribution < 1.29 is 14.7 Å². The van der Waals surface area contributed by atoms with Crippen molar-refractivity contribution in [3.63, 3.8) is 0 Å². The summed E-state index contributed by atoms with van der Waals surface area (Å²) in [6.45, 7) is 1.11. The maximum atomic E-state index is 12.5. The van der Waals surface area contributed by atoms with E-state index in [9.17, 15) is 14.7 Å². The lowest BCUT2D eigenvalue weighted by Gasteiger charge is -2.45. The fourth-order valence-electron chi connectivity index (χ4n) is 4.29. The Balaban J connectivity index is 1.58. The van der Waals surface area contributed by atoms with Crippen LogP contribution in [0.1, 0.15) is 57.8 Å². The molecule has 118 valence electrons. The minimum absolute atomic E-state index is 0.0425. The van der Waals surface area contributed by atoms with Gasteiger partial charge in [0.05, 0.1) is 5.41 Å². The molecule has 2 amide bonds. The minimum Gasteiger partial charge on any atom is -0.481 e. The number of aliphatic carboxylic acids is 1. The highest BCUT2D eigenvalue weighted by atomic mass is 16.4. The Morgan fingerprint density at radius 1 is 1.10 bits per heavy atom. The van der Waals surface area contributed by atoms with Crippen LogP contribution in [0.15, 0.2) is 0 Å². The Labute approximate surface area is 126 Å². The molecule has 0 aromatic rings. The van der Waals surface area contributed by atoms with Gasteiger partial charge >= 0.3 is 12.0 Å². The third kappa shape index (κ3) is 2.74. The highest BCUT2D eigenvalue weighted by molar-refractivity contribution is 5.79. The first-order valence-electron chi connectivity index (χ1n) is 8.40. The molecule has 2 atom stereocenters. The number of amides is 2. The number of nitrogens with one attached hydrogen (secondary N) is 1. The number of piperidine rings is 1. The second-order valence-electron chi connectivity index (χ2n) is 7.05. The number of rotatable bonds is 3. The number of nitrogens with zero attached hydrogens (tertiary/aromatic N) is 1. The summed E-state index contributed by atoms with van der Waals surface area (Å²) in [5.74, 6) is -0.0985. The van der Waals surface area contributed by atoms with Gasteiger partial charge in [-0.3, -0.25) is 4.79 Å². The smallest absolute Gasteiger partial charge is 0.317 e. The zero-order chi connectivity index (χ0) is 14.9. The SMILES string of the molecule is O=C(NCC1(C(=O)O)CCC1)N1CCC[C@H]2CCCC[C@H]21. The van der Waals surface area contributed by atoms with E-state index in [-0.39, 0.29) is 12.6 Å². The standard InChI is InChI=1S/C16H26N2O3/c19-14(20)16(8-4-9-16)11-17-15(21)18-10-3-6-12-5-1-2-7-13(12)18/h12-13H,1-11H2,(H,17,21)(H,19,20)/t12-,13-/m1/s1. The molecule has 2 aliphatic carbocycles. The van der Waals surface area contributed by atoms with Crippen LogP contribution in [-0.2, 0) is 4.79 Å². The molecule has 3 rings (SSSR count). The molecule has 0 unspecified atom stereocenters. The van der Waals surface area contributed by atoms with Gasteiger partial charge in [0, 0.05) is 19.1 Å². The molecule has 0 aromatic heterocycles. The van der Waals surface area contributed by atoms with Gasteiger partial charge in [-0.2, -0.15) is 0 Å². The van der Waals surface area contributed by atoms with Crippen molar-refractivity contribution in [2.45, 2.75) is 63.8 Å². The number of hydrogen-bond donors (Lipinski definition) is 2. The van der Waals surface area contributed by atoms with Crippen LogP contribution in [0.4, 0.5) is 4.79 Å². The van der Waals surface area contributed by atoms with E-state index >= 15 is 0 Å². The van der Waals surface area contributed by atoms with E-state index in [1.54, 1.807) is 0 Å². The molecule has 1 aliphatic heterocycles. The van der Waals surface area contributed by atoms with Gasteiger partial charge in [0.1, 0.15) is 0 Å². The summed E-state index contributed by atoms with van der Waals surface area (Å²) in [5.41, 5.74) is -0.697. The van der Waals surface area contributed by atoms with E-state index in [1.807, 2.05) is 4.90 Å². The number of carboxylic acids is 1. The molecule has 2 N–H and O–H groups in total. The molecule has 0 bridgehead atoms. The number of carbonyl (C=O) groups is 2.